The second kappa shape index (κ2) is 130. The summed E-state index contributed by atoms with van der Waals surface area (Å²) in [4.78, 5) is 0. The van der Waals surface area contributed by atoms with Crippen molar-refractivity contribution in [1.82, 2.24) is 0 Å². The van der Waals surface area contributed by atoms with Crippen molar-refractivity contribution in [1.29, 1.82) is 0 Å². The molecule has 0 aliphatic carbocycles. The normalized spacial score (nSPS) is 1.29. The predicted molar refractivity (Wildman–Crippen MR) is 29.5 cm³/mol. The van der Waals surface area contributed by atoms with Crippen molar-refractivity contribution in [2.24, 2.45) is 0 Å². The average Bonchev–Trinajstić information content (AvgIpc) is 0.918. The van der Waals surface area contributed by atoms with E-state index in [1.807, 2.05) is 6.92 Å². The molecule has 0 bridgehead atoms. The molecule has 0 fully saturated rings. The van der Waals surface area contributed by atoms with Gasteiger partial charge < -0.3 is 20.5 Å². The van der Waals surface area contributed by atoms with Crippen molar-refractivity contribution in [3.8, 4) is 0 Å². The largest absolute Gasteiger partial charge is 0.693 e. The Labute approximate surface area is 212 Å². The van der Waals surface area contributed by atoms with Crippen molar-refractivity contribution >= 4 is 0 Å². The predicted octanol–water partition coefficient (Wildman–Crippen LogP) is 2.62. The van der Waals surface area contributed by atoms with E-state index in [0.717, 1.165) is 6.42 Å². The standard InChI is InChI=1S/C3H7.CH3.H2N.8V.Y.H2/c1-3-2;;;;;;;;;;;;/h1,3H2,2H3;1H3;1H2;;;;;;;;;;1H/q3*-1;;;;;;;;;;. The van der Waals surface area contributed by atoms with Crippen LogP contribution in [0.2, 0.25) is 0 Å². The quantitative estimate of drug-likeness (QED) is 0.400. The molecular weight excluding hydrogens is 559 g/mol. The summed E-state index contributed by atoms with van der Waals surface area (Å²) in [7, 11) is 0. The molecule has 0 spiro atoms. The zero-order chi connectivity index (χ0) is 2.71. The molecule has 2 N–H and O–H groups in total. The number of nitrogens with two attached hydrogens (primary N) is 1. The molecule has 0 heterocycles. The van der Waals surface area contributed by atoms with E-state index in [1.165, 1.54) is 0 Å². The van der Waals surface area contributed by atoms with Crippen LogP contribution in [0, 0.1) is 14.4 Å². The van der Waals surface area contributed by atoms with Crippen LogP contribution in [0.4, 0.5) is 0 Å². The second-order valence-electron chi connectivity index (χ2n) is 0.500. The Morgan fingerprint density at radius 1 is 0.786 bits per heavy atom. The third-order valence-corrected chi connectivity index (χ3v) is 0. The van der Waals surface area contributed by atoms with Gasteiger partial charge in [0.15, 0.2) is 0 Å². The number of hydrogen-bond donors (Lipinski definition) is 0. The van der Waals surface area contributed by atoms with Gasteiger partial charge in [-0.15, -0.1) is 0 Å². The van der Waals surface area contributed by atoms with Gasteiger partial charge >= 0.3 is 0 Å². The molecule has 9 radical (unpaired) electrons. The first kappa shape index (κ1) is 116. The van der Waals surface area contributed by atoms with Crippen molar-refractivity contribution in [2.45, 2.75) is 13.3 Å². The van der Waals surface area contributed by atoms with E-state index in [2.05, 4.69) is 6.92 Å². The topological polar surface area (TPSA) is 33.5 Å². The maximum Gasteiger partial charge on any atom is 0 e. The molecule has 0 saturated heterocycles. The van der Waals surface area contributed by atoms with Crippen LogP contribution in [0.25, 0.3) is 6.15 Å². The fourth-order valence-corrected chi connectivity index (χ4v) is 0. The Kier molecular flexibility index (Phi) is 1070. The number of rotatable bonds is 0. The van der Waals surface area contributed by atoms with Gasteiger partial charge in [0, 0.05) is 183 Å². The first-order valence-electron chi connectivity index (χ1n) is 1.21. The summed E-state index contributed by atoms with van der Waals surface area (Å²) in [5.74, 6) is 0. The van der Waals surface area contributed by atoms with E-state index in [1.54, 1.807) is 0 Å². The maximum atomic E-state index is 3.49. The summed E-state index contributed by atoms with van der Waals surface area (Å²) >= 11 is 0. The van der Waals surface area contributed by atoms with Crippen molar-refractivity contribution in [3.05, 3.63) is 20.5 Å². The number of hydrogen-bond acceptors (Lipinski definition) is 0. The van der Waals surface area contributed by atoms with Crippen molar-refractivity contribution in [3.63, 3.8) is 0 Å². The molecule has 10 heteroatoms. The van der Waals surface area contributed by atoms with Crippen molar-refractivity contribution < 1.29 is 183 Å². The van der Waals surface area contributed by atoms with Gasteiger partial charge in [0.05, 0.1) is 0 Å². The molecule has 0 rings (SSSR count). The van der Waals surface area contributed by atoms with Gasteiger partial charge in [0.1, 0.15) is 0 Å². The van der Waals surface area contributed by atoms with Gasteiger partial charge in [-0.1, -0.05) is 6.92 Å². The molecule has 0 aliphatic heterocycles. The van der Waals surface area contributed by atoms with E-state index in [4.69, 9.17) is 0 Å². The molecular formula is C4H14NV8Y-3. The van der Waals surface area contributed by atoms with Crippen LogP contribution in [-0.2, 0) is 181 Å². The second-order valence-corrected chi connectivity index (χ2v) is 0.500. The molecule has 81 valence electrons. The Bertz CT molecular complexity index is 26.6. The van der Waals surface area contributed by atoms with Crippen LogP contribution in [0.15, 0.2) is 0 Å². The summed E-state index contributed by atoms with van der Waals surface area (Å²) in [5, 5.41) is 0. The summed E-state index contributed by atoms with van der Waals surface area (Å²) < 4.78 is 0. The molecule has 0 aromatic rings. The minimum atomic E-state index is 0. The zero-order valence-corrected chi connectivity index (χ0v) is 22.2. The van der Waals surface area contributed by atoms with Crippen LogP contribution >= 0.6 is 0 Å². The first-order valence-corrected chi connectivity index (χ1v) is 1.21. The Morgan fingerprint density at radius 2 is 0.786 bits per heavy atom. The van der Waals surface area contributed by atoms with Crippen LogP contribution < -0.4 is 0 Å². The third-order valence-electron chi connectivity index (χ3n) is 0. The average molecular weight is 573 g/mol. The summed E-state index contributed by atoms with van der Waals surface area (Å²) in [6.07, 6.45) is 1.00. The fourth-order valence-electron chi connectivity index (χ4n) is 0. The van der Waals surface area contributed by atoms with Gasteiger partial charge in [-0.3, -0.25) is 0 Å². The van der Waals surface area contributed by atoms with Gasteiger partial charge in [0.2, 0.25) is 0 Å². The maximum absolute atomic E-state index is 3.49. The molecule has 0 aliphatic rings. The van der Waals surface area contributed by atoms with E-state index in [-0.39, 0.29) is 196 Å². The van der Waals surface area contributed by atoms with Gasteiger partial charge in [-0.05, 0) is 0 Å². The smallest absolute Gasteiger partial charge is 0 e. The van der Waals surface area contributed by atoms with Crippen LogP contribution in [0.5, 0.6) is 0 Å². The van der Waals surface area contributed by atoms with Gasteiger partial charge in [0.25, 0.3) is 0 Å². The SMILES string of the molecule is [CH2-]CC.[CH3-].[HH].[NH2-].[V].[V].[V].[V].[V].[V].[V].[V].[Y]. The van der Waals surface area contributed by atoms with E-state index in [9.17, 15) is 0 Å². The van der Waals surface area contributed by atoms with Gasteiger partial charge in [-0.2, -0.15) is 6.42 Å². The summed E-state index contributed by atoms with van der Waals surface area (Å²) in [6.45, 7) is 5.50. The van der Waals surface area contributed by atoms with E-state index < -0.39 is 0 Å². The zero-order valence-electron chi connectivity index (χ0n) is 8.15. The van der Waals surface area contributed by atoms with Crippen LogP contribution in [-0.4, -0.2) is 0 Å². The summed E-state index contributed by atoms with van der Waals surface area (Å²) in [6, 6.07) is 0. The Hall–Kier alpha value is 5.74. The van der Waals surface area contributed by atoms with Crippen LogP contribution in [0.3, 0.4) is 0 Å². The minimum absolute atomic E-state index is 0. The molecule has 0 atom stereocenters. The Morgan fingerprint density at radius 3 is 0.786 bits per heavy atom. The molecule has 0 aromatic carbocycles. The molecule has 14 heavy (non-hydrogen) atoms. The van der Waals surface area contributed by atoms with E-state index >= 15 is 0 Å². The first-order chi connectivity index (χ1) is 1.41. The van der Waals surface area contributed by atoms with Crippen molar-refractivity contribution in [2.75, 3.05) is 0 Å². The van der Waals surface area contributed by atoms with Gasteiger partial charge in [-0.25, -0.2) is 0 Å². The van der Waals surface area contributed by atoms with E-state index in [0.29, 0.717) is 0 Å². The third kappa shape index (κ3) is 151. The molecule has 0 unspecified atom stereocenters. The Balaban J connectivity index is -0.000000000303. The summed E-state index contributed by atoms with van der Waals surface area (Å²) in [5.41, 5.74) is 0. The monoisotopic (exact) mass is 573 g/mol. The molecule has 0 aromatic heterocycles. The fraction of sp³-hybridized carbons (Fsp3) is 0.500. The molecule has 0 saturated carbocycles. The molecule has 0 amide bonds. The van der Waals surface area contributed by atoms with Crippen LogP contribution in [0.1, 0.15) is 14.8 Å². The minimum Gasteiger partial charge on any atom is -0.693 e. The molecule has 1 nitrogen and oxygen atoms in total.